The van der Waals surface area contributed by atoms with Crippen LogP contribution in [0.25, 0.3) is 0 Å². The second-order valence-corrected chi connectivity index (χ2v) is 4.90. The van der Waals surface area contributed by atoms with Gasteiger partial charge in [-0.25, -0.2) is 4.79 Å². The standard InChI is InChI=1S/C14H20N2O2/c1-10(2)11-4-6-12(7-5-11)16-13(8-15-3)9-18-14(16)17/h4-7,10,13,15H,8-9H2,1-3H3. The Labute approximate surface area is 108 Å². The van der Waals surface area contributed by atoms with Gasteiger partial charge in [0, 0.05) is 12.2 Å². The molecule has 1 atom stereocenters. The van der Waals surface area contributed by atoms with Crippen molar-refractivity contribution in [3.8, 4) is 0 Å². The zero-order valence-electron chi connectivity index (χ0n) is 11.1. The lowest BCUT2D eigenvalue weighted by atomic mass is 10.0. The van der Waals surface area contributed by atoms with E-state index in [1.54, 1.807) is 4.90 Å². The van der Waals surface area contributed by atoms with E-state index in [2.05, 4.69) is 31.3 Å². The molecule has 1 amide bonds. The first-order valence-corrected chi connectivity index (χ1v) is 6.34. The Morgan fingerprint density at radius 2 is 2.06 bits per heavy atom. The summed E-state index contributed by atoms with van der Waals surface area (Å²) in [4.78, 5) is 13.5. The van der Waals surface area contributed by atoms with Gasteiger partial charge in [-0.2, -0.15) is 0 Å². The van der Waals surface area contributed by atoms with Crippen molar-refractivity contribution in [3.05, 3.63) is 29.8 Å². The van der Waals surface area contributed by atoms with Crippen molar-refractivity contribution in [2.24, 2.45) is 0 Å². The lowest BCUT2D eigenvalue weighted by Gasteiger charge is -2.21. The highest BCUT2D eigenvalue weighted by Crippen LogP contribution is 2.25. The average Bonchev–Trinajstić information content (AvgIpc) is 2.71. The van der Waals surface area contributed by atoms with E-state index in [0.29, 0.717) is 12.5 Å². The molecule has 18 heavy (non-hydrogen) atoms. The van der Waals surface area contributed by atoms with Gasteiger partial charge in [-0.3, -0.25) is 4.90 Å². The highest BCUT2D eigenvalue weighted by atomic mass is 16.6. The zero-order valence-corrected chi connectivity index (χ0v) is 11.1. The van der Waals surface area contributed by atoms with E-state index in [4.69, 9.17) is 4.74 Å². The van der Waals surface area contributed by atoms with Gasteiger partial charge in [-0.1, -0.05) is 26.0 Å². The van der Waals surface area contributed by atoms with E-state index in [9.17, 15) is 4.79 Å². The van der Waals surface area contributed by atoms with Crippen LogP contribution in [-0.4, -0.2) is 32.3 Å². The van der Waals surface area contributed by atoms with Crippen molar-refractivity contribution in [3.63, 3.8) is 0 Å². The number of anilines is 1. The first-order chi connectivity index (χ1) is 8.63. The molecule has 1 heterocycles. The summed E-state index contributed by atoms with van der Waals surface area (Å²) < 4.78 is 5.11. The average molecular weight is 248 g/mol. The third kappa shape index (κ3) is 2.48. The van der Waals surface area contributed by atoms with Crippen LogP contribution in [-0.2, 0) is 4.74 Å². The summed E-state index contributed by atoms with van der Waals surface area (Å²) in [6.07, 6.45) is -0.257. The number of carbonyl (C=O) groups is 1. The lowest BCUT2D eigenvalue weighted by molar-refractivity contribution is 0.178. The number of nitrogens with zero attached hydrogens (tertiary/aromatic N) is 1. The highest BCUT2D eigenvalue weighted by molar-refractivity contribution is 5.90. The van der Waals surface area contributed by atoms with Crippen LogP contribution in [0.2, 0.25) is 0 Å². The van der Waals surface area contributed by atoms with Gasteiger partial charge in [0.25, 0.3) is 0 Å². The molecule has 1 aromatic carbocycles. The number of benzene rings is 1. The minimum atomic E-state index is -0.257. The largest absolute Gasteiger partial charge is 0.447 e. The number of amides is 1. The van der Waals surface area contributed by atoms with Crippen molar-refractivity contribution >= 4 is 11.8 Å². The summed E-state index contributed by atoms with van der Waals surface area (Å²) in [6.45, 7) is 5.50. The topological polar surface area (TPSA) is 41.6 Å². The molecule has 1 unspecified atom stereocenters. The molecule has 0 radical (unpaired) electrons. The van der Waals surface area contributed by atoms with Gasteiger partial charge < -0.3 is 10.1 Å². The minimum absolute atomic E-state index is 0.0763. The molecule has 4 nitrogen and oxygen atoms in total. The molecule has 0 aromatic heterocycles. The second-order valence-electron chi connectivity index (χ2n) is 4.90. The predicted octanol–water partition coefficient (Wildman–Crippen LogP) is 2.35. The van der Waals surface area contributed by atoms with Crippen LogP contribution in [0.5, 0.6) is 0 Å². The summed E-state index contributed by atoms with van der Waals surface area (Å²) in [5.41, 5.74) is 2.18. The van der Waals surface area contributed by atoms with Crippen LogP contribution in [0.4, 0.5) is 10.5 Å². The van der Waals surface area contributed by atoms with Gasteiger partial charge in [0.15, 0.2) is 0 Å². The molecule has 4 heteroatoms. The van der Waals surface area contributed by atoms with Crippen LogP contribution >= 0.6 is 0 Å². The second kappa shape index (κ2) is 5.40. The summed E-state index contributed by atoms with van der Waals surface area (Å²) >= 11 is 0. The number of ether oxygens (including phenoxy) is 1. The van der Waals surface area contributed by atoms with Crippen molar-refractivity contribution in [1.82, 2.24) is 5.32 Å². The SMILES string of the molecule is CNCC1COC(=O)N1c1ccc(C(C)C)cc1. The minimum Gasteiger partial charge on any atom is -0.447 e. The van der Waals surface area contributed by atoms with Crippen molar-refractivity contribution in [1.29, 1.82) is 0 Å². The molecule has 0 spiro atoms. The lowest BCUT2D eigenvalue weighted by Crippen LogP contribution is -2.40. The molecule has 0 aliphatic carbocycles. The fourth-order valence-corrected chi connectivity index (χ4v) is 2.18. The summed E-state index contributed by atoms with van der Waals surface area (Å²) in [6, 6.07) is 8.20. The zero-order chi connectivity index (χ0) is 13.1. The van der Waals surface area contributed by atoms with Crippen molar-refractivity contribution in [2.75, 3.05) is 25.1 Å². The maximum Gasteiger partial charge on any atom is 0.414 e. The molecule has 1 aliphatic heterocycles. The molecule has 1 N–H and O–H groups in total. The third-order valence-corrected chi connectivity index (χ3v) is 3.24. The number of nitrogens with one attached hydrogen (secondary N) is 1. The number of hydrogen-bond acceptors (Lipinski definition) is 3. The Bertz CT molecular complexity index is 414. The fourth-order valence-electron chi connectivity index (χ4n) is 2.18. The maximum absolute atomic E-state index is 11.8. The van der Waals surface area contributed by atoms with E-state index < -0.39 is 0 Å². The molecule has 1 saturated heterocycles. The van der Waals surface area contributed by atoms with Gasteiger partial charge in [-0.05, 0) is 30.7 Å². The Morgan fingerprint density at radius 1 is 1.39 bits per heavy atom. The fraction of sp³-hybridized carbons (Fsp3) is 0.500. The van der Waals surface area contributed by atoms with Crippen molar-refractivity contribution < 1.29 is 9.53 Å². The highest BCUT2D eigenvalue weighted by Gasteiger charge is 2.33. The molecule has 1 aliphatic rings. The summed E-state index contributed by atoms with van der Waals surface area (Å²) in [5, 5.41) is 3.09. The molecule has 2 rings (SSSR count). The number of rotatable bonds is 4. The monoisotopic (exact) mass is 248 g/mol. The predicted molar refractivity (Wildman–Crippen MR) is 72.1 cm³/mol. The molecule has 0 bridgehead atoms. The van der Waals surface area contributed by atoms with Gasteiger partial charge in [0.2, 0.25) is 0 Å². The Kier molecular flexibility index (Phi) is 3.87. The molecular formula is C14H20N2O2. The smallest absolute Gasteiger partial charge is 0.414 e. The molecule has 0 saturated carbocycles. The molecule has 98 valence electrons. The first kappa shape index (κ1) is 12.9. The van der Waals surface area contributed by atoms with E-state index in [-0.39, 0.29) is 12.1 Å². The van der Waals surface area contributed by atoms with Crippen LogP contribution in [0.3, 0.4) is 0 Å². The molecular weight excluding hydrogens is 228 g/mol. The van der Waals surface area contributed by atoms with Crippen LogP contribution < -0.4 is 10.2 Å². The van der Waals surface area contributed by atoms with E-state index in [1.165, 1.54) is 5.56 Å². The van der Waals surface area contributed by atoms with Gasteiger partial charge >= 0.3 is 6.09 Å². The van der Waals surface area contributed by atoms with Crippen molar-refractivity contribution in [2.45, 2.75) is 25.8 Å². The van der Waals surface area contributed by atoms with E-state index >= 15 is 0 Å². The number of hydrogen-bond donors (Lipinski definition) is 1. The number of carbonyl (C=O) groups excluding carboxylic acids is 1. The number of likely N-dealkylation sites (N-methyl/N-ethyl adjacent to an activating group) is 1. The molecule has 1 fully saturated rings. The van der Waals surface area contributed by atoms with E-state index in [1.807, 2.05) is 19.2 Å². The summed E-state index contributed by atoms with van der Waals surface area (Å²) in [5.74, 6) is 0.498. The Balaban J connectivity index is 2.20. The quantitative estimate of drug-likeness (QED) is 0.889. The van der Waals surface area contributed by atoms with Gasteiger partial charge in [0.1, 0.15) is 6.61 Å². The molecule has 1 aromatic rings. The first-order valence-electron chi connectivity index (χ1n) is 6.34. The van der Waals surface area contributed by atoms with Crippen LogP contribution in [0.15, 0.2) is 24.3 Å². The van der Waals surface area contributed by atoms with Crippen LogP contribution in [0, 0.1) is 0 Å². The van der Waals surface area contributed by atoms with Gasteiger partial charge in [0.05, 0.1) is 6.04 Å². The summed E-state index contributed by atoms with van der Waals surface area (Å²) in [7, 11) is 1.88. The van der Waals surface area contributed by atoms with Crippen LogP contribution in [0.1, 0.15) is 25.3 Å². The Morgan fingerprint density at radius 3 is 2.61 bits per heavy atom. The number of cyclic esters (lactones) is 1. The maximum atomic E-state index is 11.8. The third-order valence-electron chi connectivity index (χ3n) is 3.24. The normalized spacial score (nSPS) is 19.4. The Hall–Kier alpha value is -1.55. The van der Waals surface area contributed by atoms with Gasteiger partial charge in [-0.15, -0.1) is 0 Å². The van der Waals surface area contributed by atoms with E-state index in [0.717, 1.165) is 12.2 Å².